The van der Waals surface area contributed by atoms with Gasteiger partial charge in [-0.25, -0.2) is 0 Å². The maximum absolute atomic E-state index is 11.8. The molecule has 4 nitrogen and oxygen atoms in total. The van der Waals surface area contributed by atoms with Gasteiger partial charge in [0.05, 0.1) is 4.90 Å². The van der Waals surface area contributed by atoms with Crippen LogP contribution in [0.3, 0.4) is 0 Å². The van der Waals surface area contributed by atoms with Gasteiger partial charge in [-0.1, -0.05) is 63.6 Å². The average molecular weight is 326 g/mol. The third kappa shape index (κ3) is 7.71. The Morgan fingerprint density at radius 3 is 2.18 bits per heavy atom. The summed E-state index contributed by atoms with van der Waals surface area (Å²) >= 11 is 0. The van der Waals surface area contributed by atoms with Crippen molar-refractivity contribution in [2.45, 2.75) is 63.2 Å². The van der Waals surface area contributed by atoms with E-state index in [0.29, 0.717) is 6.42 Å². The minimum absolute atomic E-state index is 0.0822. The van der Waals surface area contributed by atoms with Crippen LogP contribution in [0.2, 0.25) is 0 Å². The molecule has 0 spiro atoms. The zero-order chi connectivity index (χ0) is 16.3. The lowest BCUT2D eigenvalue weighted by Gasteiger charge is -2.05. The van der Waals surface area contributed by atoms with Crippen molar-refractivity contribution in [2.75, 3.05) is 6.61 Å². The topological polar surface area (TPSA) is 60.4 Å². The minimum atomic E-state index is -3.82. The number of Topliss-reactive ketones (excluding diaryl/α,β-unsaturated/α-hetero) is 1. The fraction of sp³-hybridized carbons (Fsp3) is 0.588. The summed E-state index contributed by atoms with van der Waals surface area (Å²) < 4.78 is 28.5. The van der Waals surface area contributed by atoms with Crippen molar-refractivity contribution >= 4 is 15.9 Å². The summed E-state index contributed by atoms with van der Waals surface area (Å²) in [5.41, 5.74) is 0. The highest BCUT2D eigenvalue weighted by atomic mass is 32.2. The second-order valence-corrected chi connectivity index (χ2v) is 7.05. The highest BCUT2D eigenvalue weighted by Crippen LogP contribution is 2.12. The van der Waals surface area contributed by atoms with Gasteiger partial charge < -0.3 is 0 Å². The van der Waals surface area contributed by atoms with Crippen LogP contribution >= 0.6 is 0 Å². The standard InChI is InChI=1S/C17H26O4S/c1-2-3-4-5-6-7-9-12-16(18)15-21-22(19,20)17-13-10-8-11-14-17/h8,10-11,13-14H,2-7,9,12,15H2,1H3. The fourth-order valence-corrected chi connectivity index (χ4v) is 3.06. The van der Waals surface area contributed by atoms with Crippen molar-refractivity contribution < 1.29 is 17.4 Å². The van der Waals surface area contributed by atoms with Crippen LogP contribution in [0, 0.1) is 0 Å². The van der Waals surface area contributed by atoms with Crippen molar-refractivity contribution in [1.29, 1.82) is 0 Å². The molecule has 0 aliphatic carbocycles. The molecule has 1 aromatic rings. The summed E-state index contributed by atoms with van der Waals surface area (Å²) in [7, 11) is -3.82. The SMILES string of the molecule is CCCCCCCCCC(=O)COS(=O)(=O)c1ccccc1. The third-order valence-electron chi connectivity index (χ3n) is 3.47. The fourth-order valence-electron chi connectivity index (χ4n) is 2.15. The van der Waals surface area contributed by atoms with Crippen LogP contribution in [0.25, 0.3) is 0 Å². The van der Waals surface area contributed by atoms with Gasteiger partial charge in [-0.3, -0.25) is 8.98 Å². The van der Waals surface area contributed by atoms with E-state index in [1.807, 2.05) is 0 Å². The lowest BCUT2D eigenvalue weighted by molar-refractivity contribution is -0.121. The van der Waals surface area contributed by atoms with Crippen LogP contribution in [0.15, 0.2) is 35.2 Å². The Morgan fingerprint density at radius 1 is 0.955 bits per heavy atom. The summed E-state index contributed by atoms with van der Waals surface area (Å²) in [5.74, 6) is -0.159. The molecule has 0 aliphatic rings. The molecule has 0 atom stereocenters. The Bertz CT molecular complexity index is 523. The molecule has 22 heavy (non-hydrogen) atoms. The maximum Gasteiger partial charge on any atom is 0.297 e. The first-order valence-corrected chi connectivity index (χ1v) is 9.43. The van der Waals surface area contributed by atoms with Gasteiger partial charge in [-0.2, -0.15) is 8.42 Å². The Balaban J connectivity index is 2.18. The lowest BCUT2D eigenvalue weighted by Crippen LogP contribution is -2.14. The second kappa shape index (κ2) is 10.5. The van der Waals surface area contributed by atoms with E-state index in [1.165, 1.54) is 37.8 Å². The first-order valence-electron chi connectivity index (χ1n) is 8.02. The summed E-state index contributed by atoms with van der Waals surface area (Å²) in [6.45, 7) is 1.81. The van der Waals surface area contributed by atoms with E-state index in [-0.39, 0.29) is 17.3 Å². The predicted octanol–water partition coefficient (Wildman–Crippen LogP) is 4.10. The van der Waals surface area contributed by atoms with E-state index in [9.17, 15) is 13.2 Å². The molecule has 0 heterocycles. The molecule has 0 radical (unpaired) electrons. The number of hydrogen-bond acceptors (Lipinski definition) is 4. The van der Waals surface area contributed by atoms with Crippen LogP contribution in [0.4, 0.5) is 0 Å². The number of rotatable bonds is 12. The largest absolute Gasteiger partial charge is 0.297 e. The van der Waals surface area contributed by atoms with Gasteiger partial charge in [0.2, 0.25) is 0 Å². The van der Waals surface area contributed by atoms with Crippen molar-refractivity contribution in [3.63, 3.8) is 0 Å². The Hall–Kier alpha value is -1.20. The molecule has 124 valence electrons. The average Bonchev–Trinajstić information content (AvgIpc) is 2.53. The van der Waals surface area contributed by atoms with Gasteiger partial charge in [0.25, 0.3) is 10.1 Å². The van der Waals surface area contributed by atoms with Gasteiger partial charge >= 0.3 is 0 Å². The van der Waals surface area contributed by atoms with Crippen LogP contribution in [0.5, 0.6) is 0 Å². The highest BCUT2D eigenvalue weighted by molar-refractivity contribution is 7.86. The molecular formula is C17H26O4S. The zero-order valence-electron chi connectivity index (χ0n) is 13.3. The molecule has 0 amide bonds. The van der Waals surface area contributed by atoms with Gasteiger partial charge in [0.15, 0.2) is 5.78 Å². The predicted molar refractivity (Wildman–Crippen MR) is 87.2 cm³/mol. The molecular weight excluding hydrogens is 300 g/mol. The quantitative estimate of drug-likeness (QED) is 0.428. The van der Waals surface area contributed by atoms with Crippen molar-refractivity contribution in [3.8, 4) is 0 Å². The summed E-state index contributed by atoms with van der Waals surface area (Å²) in [6, 6.07) is 7.88. The van der Waals surface area contributed by atoms with Gasteiger partial charge in [0.1, 0.15) is 6.61 Å². The number of benzene rings is 1. The first kappa shape index (κ1) is 18.8. The van der Waals surface area contributed by atoms with Crippen LogP contribution in [-0.4, -0.2) is 20.8 Å². The molecule has 0 unspecified atom stereocenters. The number of carbonyl (C=O) groups excluding carboxylic acids is 1. The van der Waals surface area contributed by atoms with E-state index in [1.54, 1.807) is 18.2 Å². The van der Waals surface area contributed by atoms with Gasteiger partial charge in [0, 0.05) is 6.42 Å². The Kier molecular flexibility index (Phi) is 9.01. The maximum atomic E-state index is 11.8. The molecule has 0 bridgehead atoms. The van der Waals surface area contributed by atoms with E-state index >= 15 is 0 Å². The van der Waals surface area contributed by atoms with Crippen molar-refractivity contribution in [3.05, 3.63) is 30.3 Å². The molecule has 0 saturated heterocycles. The number of unbranched alkanes of at least 4 members (excludes halogenated alkanes) is 6. The second-order valence-electron chi connectivity index (χ2n) is 5.44. The molecule has 5 heteroatoms. The molecule has 1 rings (SSSR count). The van der Waals surface area contributed by atoms with Crippen LogP contribution in [-0.2, 0) is 19.1 Å². The monoisotopic (exact) mass is 326 g/mol. The lowest BCUT2D eigenvalue weighted by atomic mass is 10.1. The number of carbonyl (C=O) groups is 1. The van der Waals surface area contributed by atoms with Crippen LogP contribution in [0.1, 0.15) is 58.3 Å². The molecule has 0 aliphatic heterocycles. The Morgan fingerprint density at radius 2 is 1.55 bits per heavy atom. The smallest absolute Gasteiger partial charge is 0.297 e. The zero-order valence-corrected chi connectivity index (χ0v) is 14.1. The molecule has 0 fully saturated rings. The summed E-state index contributed by atoms with van der Waals surface area (Å²) in [5, 5.41) is 0. The van der Waals surface area contributed by atoms with Crippen molar-refractivity contribution in [2.24, 2.45) is 0 Å². The minimum Gasteiger partial charge on any atom is -0.297 e. The van der Waals surface area contributed by atoms with E-state index < -0.39 is 10.1 Å². The van der Waals surface area contributed by atoms with Crippen molar-refractivity contribution in [1.82, 2.24) is 0 Å². The first-order chi connectivity index (χ1) is 10.6. The van der Waals surface area contributed by atoms with Crippen LogP contribution < -0.4 is 0 Å². The normalized spacial score (nSPS) is 11.5. The molecule has 1 aromatic carbocycles. The number of hydrogen-bond donors (Lipinski definition) is 0. The van der Waals surface area contributed by atoms with E-state index in [2.05, 4.69) is 6.92 Å². The number of ketones is 1. The van der Waals surface area contributed by atoms with Gasteiger partial charge in [-0.15, -0.1) is 0 Å². The Labute approximate surface area is 134 Å². The summed E-state index contributed by atoms with van der Waals surface area (Å²) in [6.07, 6.45) is 8.30. The highest BCUT2D eigenvalue weighted by Gasteiger charge is 2.16. The molecule has 0 saturated carbocycles. The van der Waals surface area contributed by atoms with Gasteiger partial charge in [-0.05, 0) is 18.6 Å². The molecule has 0 N–H and O–H groups in total. The van der Waals surface area contributed by atoms with E-state index in [4.69, 9.17) is 4.18 Å². The van der Waals surface area contributed by atoms with E-state index in [0.717, 1.165) is 19.3 Å². The molecule has 0 aromatic heterocycles. The summed E-state index contributed by atoms with van der Waals surface area (Å²) in [4.78, 5) is 11.7. The third-order valence-corrected chi connectivity index (χ3v) is 4.74.